The molecule has 2 aromatic carbocycles. The van der Waals surface area contributed by atoms with Crippen LogP contribution in [0.4, 0.5) is 10.8 Å². The third-order valence-corrected chi connectivity index (χ3v) is 5.81. The molecule has 9 heteroatoms. The number of aromatic nitrogens is 1. The Kier molecular flexibility index (Phi) is 6.62. The van der Waals surface area contributed by atoms with Gasteiger partial charge in [0, 0.05) is 41.3 Å². The van der Waals surface area contributed by atoms with Gasteiger partial charge in [-0.1, -0.05) is 42.0 Å². The van der Waals surface area contributed by atoms with Crippen LogP contribution < -0.4 is 5.32 Å². The highest BCUT2D eigenvalue weighted by atomic mass is 32.1. The molecule has 0 unspecified atom stereocenters. The van der Waals surface area contributed by atoms with E-state index in [9.17, 15) is 20.2 Å². The summed E-state index contributed by atoms with van der Waals surface area (Å²) >= 11 is 1.34. The highest BCUT2D eigenvalue weighted by molar-refractivity contribution is 7.15. The van der Waals surface area contributed by atoms with Gasteiger partial charge in [-0.3, -0.25) is 20.2 Å². The number of aryl methyl sites for hydroxylation is 1. The van der Waals surface area contributed by atoms with Crippen molar-refractivity contribution in [2.45, 2.75) is 13.3 Å². The molecule has 0 saturated carbocycles. The Hall–Kier alpha value is -4.55. The lowest BCUT2D eigenvalue weighted by Crippen LogP contribution is -2.13. The molecule has 0 saturated heterocycles. The Morgan fingerprint density at radius 1 is 1.24 bits per heavy atom. The second-order valence-electron chi connectivity index (χ2n) is 7.43. The molecule has 0 aliphatic heterocycles. The van der Waals surface area contributed by atoms with E-state index in [0.717, 1.165) is 10.4 Å². The predicted molar refractivity (Wildman–Crippen MR) is 129 cm³/mol. The number of nitrogens with one attached hydrogen (secondary N) is 1. The Balaban J connectivity index is 1.45. The molecule has 0 bridgehead atoms. The van der Waals surface area contributed by atoms with Crippen molar-refractivity contribution in [2.75, 3.05) is 5.32 Å². The molecule has 0 radical (unpaired) electrons. The van der Waals surface area contributed by atoms with E-state index in [2.05, 4.69) is 22.4 Å². The van der Waals surface area contributed by atoms with Crippen molar-refractivity contribution in [3.05, 3.63) is 104 Å². The lowest BCUT2D eigenvalue weighted by molar-refractivity contribution is -0.384. The number of nitriles is 1. The molecule has 2 heterocycles. The van der Waals surface area contributed by atoms with Gasteiger partial charge in [-0.25, -0.2) is 4.98 Å². The van der Waals surface area contributed by atoms with Crippen LogP contribution in [0.1, 0.15) is 21.8 Å². The summed E-state index contributed by atoms with van der Waals surface area (Å²) in [5.74, 6) is 0.0489. The molecule has 34 heavy (non-hydrogen) atoms. The molecule has 0 aliphatic carbocycles. The fourth-order valence-electron chi connectivity index (χ4n) is 3.17. The summed E-state index contributed by atoms with van der Waals surface area (Å²) in [5, 5.41) is 23.5. The molecule has 0 aliphatic rings. The van der Waals surface area contributed by atoms with Crippen molar-refractivity contribution in [3.63, 3.8) is 0 Å². The Morgan fingerprint density at radius 2 is 2.03 bits per heavy atom. The zero-order valence-electron chi connectivity index (χ0n) is 18.0. The van der Waals surface area contributed by atoms with Crippen LogP contribution in [0.5, 0.6) is 0 Å². The van der Waals surface area contributed by atoms with E-state index in [-0.39, 0.29) is 17.0 Å². The van der Waals surface area contributed by atoms with Gasteiger partial charge in [0.25, 0.3) is 11.6 Å². The van der Waals surface area contributed by atoms with Crippen LogP contribution in [0.25, 0.3) is 17.4 Å². The van der Waals surface area contributed by atoms with Gasteiger partial charge in [0.15, 0.2) is 5.13 Å². The maximum absolute atomic E-state index is 12.6. The van der Waals surface area contributed by atoms with E-state index in [1.165, 1.54) is 35.1 Å². The topological polar surface area (TPSA) is 122 Å². The number of hydrogen-bond acceptors (Lipinski definition) is 7. The predicted octanol–water partition coefficient (Wildman–Crippen LogP) is 5.76. The summed E-state index contributed by atoms with van der Waals surface area (Å²) in [6.07, 6.45) is 3.71. The normalized spacial score (nSPS) is 11.1. The number of anilines is 1. The molecule has 4 rings (SSSR count). The van der Waals surface area contributed by atoms with Crippen LogP contribution in [-0.2, 0) is 11.2 Å². The van der Waals surface area contributed by atoms with Crippen LogP contribution in [0.2, 0.25) is 0 Å². The second-order valence-corrected chi connectivity index (χ2v) is 8.54. The maximum Gasteiger partial charge on any atom is 0.270 e. The van der Waals surface area contributed by atoms with Gasteiger partial charge in [0.2, 0.25) is 0 Å². The number of rotatable bonds is 7. The molecule has 8 nitrogen and oxygen atoms in total. The first-order chi connectivity index (χ1) is 16.4. The van der Waals surface area contributed by atoms with Gasteiger partial charge in [-0.05, 0) is 24.6 Å². The molecule has 168 valence electrons. The van der Waals surface area contributed by atoms with E-state index in [1.807, 2.05) is 25.1 Å². The van der Waals surface area contributed by atoms with E-state index in [1.54, 1.807) is 30.5 Å². The monoisotopic (exact) mass is 470 g/mol. The zero-order valence-corrected chi connectivity index (χ0v) is 18.8. The largest absolute Gasteiger partial charge is 0.457 e. The summed E-state index contributed by atoms with van der Waals surface area (Å²) < 4.78 is 5.67. The maximum atomic E-state index is 12.6. The Labute approximate surface area is 199 Å². The standard InChI is InChI=1S/C25H18N4O4S/c1-16-5-7-17(8-6-16)11-22-15-27-25(34-22)28-24(30)19(14-26)13-21-9-10-23(33-21)18-3-2-4-20(12-18)29(31)32/h2-10,12-13,15H,11H2,1H3,(H,27,28,30). The van der Waals surface area contributed by atoms with Gasteiger partial charge in [-0.15, -0.1) is 11.3 Å². The van der Waals surface area contributed by atoms with Crippen molar-refractivity contribution < 1.29 is 14.1 Å². The van der Waals surface area contributed by atoms with Crippen molar-refractivity contribution in [3.8, 4) is 17.4 Å². The first kappa shape index (κ1) is 22.6. The zero-order chi connectivity index (χ0) is 24.1. The SMILES string of the molecule is Cc1ccc(Cc2cnc(NC(=O)C(C#N)=Cc3ccc(-c4cccc([N+](=O)[O-])c4)o3)s2)cc1. The van der Waals surface area contributed by atoms with E-state index in [0.29, 0.717) is 22.9 Å². The number of nitro benzene ring substituents is 1. The molecule has 0 fully saturated rings. The van der Waals surface area contributed by atoms with Crippen molar-refractivity contribution in [1.29, 1.82) is 5.26 Å². The van der Waals surface area contributed by atoms with E-state index in [4.69, 9.17) is 4.42 Å². The molecule has 2 aromatic heterocycles. The van der Waals surface area contributed by atoms with Crippen LogP contribution in [0.15, 0.2) is 76.9 Å². The molecule has 1 amide bonds. The van der Waals surface area contributed by atoms with Gasteiger partial charge in [-0.2, -0.15) is 5.26 Å². The van der Waals surface area contributed by atoms with E-state index >= 15 is 0 Å². The van der Waals surface area contributed by atoms with Crippen LogP contribution in [0.3, 0.4) is 0 Å². The molecule has 0 atom stereocenters. The Bertz CT molecular complexity index is 1430. The van der Waals surface area contributed by atoms with Crippen molar-refractivity contribution >= 4 is 34.1 Å². The number of benzene rings is 2. The van der Waals surface area contributed by atoms with E-state index < -0.39 is 10.8 Å². The van der Waals surface area contributed by atoms with Crippen molar-refractivity contribution in [2.24, 2.45) is 0 Å². The quantitative estimate of drug-likeness (QED) is 0.159. The van der Waals surface area contributed by atoms with Gasteiger partial charge < -0.3 is 4.42 Å². The van der Waals surface area contributed by atoms with Gasteiger partial charge in [0.1, 0.15) is 23.2 Å². The first-order valence-electron chi connectivity index (χ1n) is 10.2. The van der Waals surface area contributed by atoms with Gasteiger partial charge >= 0.3 is 0 Å². The summed E-state index contributed by atoms with van der Waals surface area (Å²) in [6.45, 7) is 2.03. The lowest BCUT2D eigenvalue weighted by atomic mass is 10.1. The number of nitro groups is 1. The molecular weight excluding hydrogens is 452 g/mol. The average Bonchev–Trinajstić information content (AvgIpc) is 3.48. The minimum atomic E-state index is -0.605. The Morgan fingerprint density at radius 3 is 2.76 bits per heavy atom. The fraction of sp³-hybridized carbons (Fsp3) is 0.0800. The second kappa shape index (κ2) is 9.94. The average molecular weight is 471 g/mol. The van der Waals surface area contributed by atoms with Crippen LogP contribution in [-0.4, -0.2) is 15.8 Å². The summed E-state index contributed by atoms with van der Waals surface area (Å²) in [7, 11) is 0. The molecule has 0 spiro atoms. The smallest absolute Gasteiger partial charge is 0.270 e. The number of thiazole rings is 1. The number of non-ortho nitro benzene ring substituents is 1. The first-order valence-corrected chi connectivity index (χ1v) is 11.0. The number of carbonyl (C=O) groups excluding carboxylic acids is 1. The van der Waals surface area contributed by atoms with Crippen LogP contribution >= 0.6 is 11.3 Å². The lowest BCUT2D eigenvalue weighted by Gasteiger charge is -2.00. The number of carbonyl (C=O) groups is 1. The fourth-order valence-corrected chi connectivity index (χ4v) is 4.01. The molecular formula is C25H18N4O4S. The highest BCUT2D eigenvalue weighted by Gasteiger charge is 2.14. The third-order valence-electron chi connectivity index (χ3n) is 4.89. The minimum Gasteiger partial charge on any atom is -0.457 e. The highest BCUT2D eigenvalue weighted by Crippen LogP contribution is 2.27. The number of hydrogen-bond donors (Lipinski definition) is 1. The number of furan rings is 1. The molecule has 4 aromatic rings. The summed E-state index contributed by atoms with van der Waals surface area (Å²) in [5.41, 5.74) is 2.62. The minimum absolute atomic E-state index is 0.0618. The van der Waals surface area contributed by atoms with Crippen molar-refractivity contribution in [1.82, 2.24) is 4.98 Å². The van der Waals surface area contributed by atoms with Gasteiger partial charge in [0.05, 0.1) is 4.92 Å². The third kappa shape index (κ3) is 5.43. The van der Waals surface area contributed by atoms with Crippen LogP contribution in [0, 0.1) is 28.4 Å². The summed E-state index contributed by atoms with van der Waals surface area (Å²) in [4.78, 5) is 28.3. The number of amides is 1. The number of nitrogens with zero attached hydrogens (tertiary/aromatic N) is 3. The molecule has 1 N–H and O–H groups in total. The summed E-state index contributed by atoms with van der Waals surface area (Å²) in [6, 6.07) is 19.3.